The van der Waals surface area contributed by atoms with Crippen molar-refractivity contribution in [2.24, 2.45) is 0 Å². The zero-order chi connectivity index (χ0) is 17.6. The average Bonchev–Trinajstić information content (AvgIpc) is 3.14. The molecule has 0 saturated carbocycles. The standard InChI is InChI=1S/C20H20N2O2S/c1-14-5-3-4-6-19(14)15(2)22-20(23)16-7-9-18(10-8-16)24-11-17-12-25-13-21-17/h3-10,12-13,15H,11H2,1-2H3,(H,22,23)/t15-/m1/s1. The van der Waals surface area contributed by atoms with Gasteiger partial charge in [0.1, 0.15) is 12.4 Å². The van der Waals surface area contributed by atoms with Gasteiger partial charge in [0.2, 0.25) is 0 Å². The largest absolute Gasteiger partial charge is 0.487 e. The molecule has 0 spiro atoms. The average molecular weight is 352 g/mol. The van der Waals surface area contributed by atoms with Crippen molar-refractivity contribution in [1.29, 1.82) is 0 Å². The van der Waals surface area contributed by atoms with Gasteiger partial charge in [-0.3, -0.25) is 4.79 Å². The first-order valence-electron chi connectivity index (χ1n) is 8.10. The van der Waals surface area contributed by atoms with Gasteiger partial charge in [0.05, 0.1) is 17.2 Å². The van der Waals surface area contributed by atoms with E-state index in [1.54, 1.807) is 41.1 Å². The zero-order valence-corrected chi connectivity index (χ0v) is 15.0. The van der Waals surface area contributed by atoms with Crippen LogP contribution in [-0.2, 0) is 6.61 Å². The summed E-state index contributed by atoms with van der Waals surface area (Å²) >= 11 is 1.54. The van der Waals surface area contributed by atoms with Crippen LogP contribution in [0.2, 0.25) is 0 Å². The Morgan fingerprint density at radius 3 is 2.64 bits per heavy atom. The van der Waals surface area contributed by atoms with Crippen molar-refractivity contribution in [3.63, 3.8) is 0 Å². The fourth-order valence-corrected chi connectivity index (χ4v) is 3.14. The third-order valence-corrected chi connectivity index (χ3v) is 4.62. The van der Waals surface area contributed by atoms with E-state index in [1.165, 1.54) is 5.56 Å². The molecule has 5 heteroatoms. The quantitative estimate of drug-likeness (QED) is 0.709. The molecule has 3 rings (SSSR count). The van der Waals surface area contributed by atoms with Crippen molar-refractivity contribution >= 4 is 17.2 Å². The predicted molar refractivity (Wildman–Crippen MR) is 99.9 cm³/mol. The first-order valence-corrected chi connectivity index (χ1v) is 9.04. The van der Waals surface area contributed by atoms with Crippen LogP contribution in [0.5, 0.6) is 5.75 Å². The molecule has 2 aromatic carbocycles. The molecule has 25 heavy (non-hydrogen) atoms. The van der Waals surface area contributed by atoms with Crippen LogP contribution in [0.1, 0.15) is 40.1 Å². The first-order chi connectivity index (χ1) is 12.1. The summed E-state index contributed by atoms with van der Waals surface area (Å²) in [5.41, 5.74) is 5.59. The number of amides is 1. The maximum Gasteiger partial charge on any atom is 0.251 e. The summed E-state index contributed by atoms with van der Waals surface area (Å²) in [6.07, 6.45) is 0. The lowest BCUT2D eigenvalue weighted by Gasteiger charge is -2.16. The summed E-state index contributed by atoms with van der Waals surface area (Å²) in [5.74, 6) is 0.623. The number of rotatable bonds is 6. The second-order valence-electron chi connectivity index (χ2n) is 5.84. The second-order valence-corrected chi connectivity index (χ2v) is 6.56. The van der Waals surface area contributed by atoms with Crippen LogP contribution >= 0.6 is 11.3 Å². The molecule has 0 saturated heterocycles. The summed E-state index contributed by atoms with van der Waals surface area (Å²) in [7, 11) is 0. The molecule has 3 aromatic rings. The highest BCUT2D eigenvalue weighted by Gasteiger charge is 2.13. The molecule has 1 N–H and O–H groups in total. The first kappa shape index (κ1) is 17.2. The lowest BCUT2D eigenvalue weighted by molar-refractivity contribution is 0.0940. The molecule has 4 nitrogen and oxygen atoms in total. The minimum Gasteiger partial charge on any atom is -0.487 e. The lowest BCUT2D eigenvalue weighted by Crippen LogP contribution is -2.27. The molecule has 0 radical (unpaired) electrons. The van der Waals surface area contributed by atoms with Crippen molar-refractivity contribution in [3.05, 3.63) is 81.8 Å². The lowest BCUT2D eigenvalue weighted by atomic mass is 10.0. The Labute approximate surface area is 151 Å². The van der Waals surface area contributed by atoms with E-state index in [1.807, 2.05) is 43.5 Å². The van der Waals surface area contributed by atoms with Crippen LogP contribution in [0, 0.1) is 6.92 Å². The van der Waals surface area contributed by atoms with Gasteiger partial charge >= 0.3 is 0 Å². The smallest absolute Gasteiger partial charge is 0.251 e. The highest BCUT2D eigenvalue weighted by molar-refractivity contribution is 7.07. The number of carbonyl (C=O) groups excluding carboxylic acids is 1. The van der Waals surface area contributed by atoms with E-state index in [9.17, 15) is 4.79 Å². The molecule has 1 heterocycles. The van der Waals surface area contributed by atoms with E-state index in [0.717, 1.165) is 17.0 Å². The van der Waals surface area contributed by atoms with Gasteiger partial charge in [-0.05, 0) is 49.2 Å². The van der Waals surface area contributed by atoms with E-state index in [-0.39, 0.29) is 11.9 Å². The van der Waals surface area contributed by atoms with E-state index in [2.05, 4.69) is 10.3 Å². The van der Waals surface area contributed by atoms with Crippen LogP contribution in [0.3, 0.4) is 0 Å². The normalized spacial score (nSPS) is 11.8. The molecule has 1 atom stereocenters. The minimum absolute atomic E-state index is 0.0470. The minimum atomic E-state index is -0.0956. The maximum atomic E-state index is 12.4. The number of nitrogens with one attached hydrogen (secondary N) is 1. The number of carbonyl (C=O) groups is 1. The molecule has 0 aliphatic heterocycles. The number of hydrogen-bond donors (Lipinski definition) is 1. The van der Waals surface area contributed by atoms with Crippen LogP contribution in [0.25, 0.3) is 0 Å². The molecule has 1 amide bonds. The molecular formula is C20H20N2O2S. The Balaban J connectivity index is 1.59. The van der Waals surface area contributed by atoms with E-state index in [0.29, 0.717) is 12.2 Å². The third-order valence-electron chi connectivity index (χ3n) is 3.99. The number of aromatic nitrogens is 1. The van der Waals surface area contributed by atoms with Gasteiger partial charge < -0.3 is 10.1 Å². The van der Waals surface area contributed by atoms with Crippen molar-refractivity contribution < 1.29 is 9.53 Å². The third kappa shape index (κ3) is 4.45. The summed E-state index contributed by atoms with van der Waals surface area (Å²) in [6.45, 7) is 4.47. The Morgan fingerprint density at radius 2 is 1.96 bits per heavy atom. The summed E-state index contributed by atoms with van der Waals surface area (Å²) in [4.78, 5) is 16.6. The molecular weight excluding hydrogens is 332 g/mol. The summed E-state index contributed by atoms with van der Waals surface area (Å²) in [6, 6.07) is 15.2. The van der Waals surface area contributed by atoms with E-state index < -0.39 is 0 Å². The van der Waals surface area contributed by atoms with Gasteiger partial charge in [-0.2, -0.15) is 0 Å². The molecule has 0 fully saturated rings. The van der Waals surface area contributed by atoms with Gasteiger partial charge in [0.15, 0.2) is 0 Å². The van der Waals surface area contributed by atoms with E-state index in [4.69, 9.17) is 4.74 Å². The molecule has 1 aromatic heterocycles. The monoisotopic (exact) mass is 352 g/mol. The van der Waals surface area contributed by atoms with Crippen molar-refractivity contribution in [1.82, 2.24) is 10.3 Å². The van der Waals surface area contributed by atoms with Crippen LogP contribution in [-0.4, -0.2) is 10.9 Å². The fourth-order valence-electron chi connectivity index (χ4n) is 2.60. The Morgan fingerprint density at radius 1 is 1.20 bits per heavy atom. The van der Waals surface area contributed by atoms with Crippen LogP contribution in [0.4, 0.5) is 0 Å². The van der Waals surface area contributed by atoms with Gasteiger partial charge in [-0.25, -0.2) is 4.98 Å². The van der Waals surface area contributed by atoms with Gasteiger partial charge in [0.25, 0.3) is 5.91 Å². The zero-order valence-electron chi connectivity index (χ0n) is 14.2. The molecule has 0 bridgehead atoms. The second kappa shape index (κ2) is 7.94. The number of ether oxygens (including phenoxy) is 1. The van der Waals surface area contributed by atoms with Crippen molar-refractivity contribution in [3.8, 4) is 5.75 Å². The molecule has 128 valence electrons. The highest BCUT2D eigenvalue weighted by Crippen LogP contribution is 2.18. The van der Waals surface area contributed by atoms with Crippen molar-refractivity contribution in [2.75, 3.05) is 0 Å². The Hall–Kier alpha value is -2.66. The molecule has 0 aliphatic rings. The Kier molecular flexibility index (Phi) is 5.46. The highest BCUT2D eigenvalue weighted by atomic mass is 32.1. The van der Waals surface area contributed by atoms with Gasteiger partial charge in [0, 0.05) is 10.9 Å². The van der Waals surface area contributed by atoms with Gasteiger partial charge in [-0.1, -0.05) is 24.3 Å². The predicted octanol–water partition coefficient (Wildman–Crippen LogP) is 4.52. The number of aryl methyl sites for hydroxylation is 1. The van der Waals surface area contributed by atoms with Gasteiger partial charge in [-0.15, -0.1) is 11.3 Å². The SMILES string of the molecule is Cc1ccccc1[C@@H](C)NC(=O)c1ccc(OCc2cscn2)cc1. The molecule has 0 unspecified atom stereocenters. The number of thiazole rings is 1. The fraction of sp³-hybridized carbons (Fsp3) is 0.200. The number of hydrogen-bond acceptors (Lipinski definition) is 4. The molecule has 0 aliphatic carbocycles. The Bertz CT molecular complexity index is 829. The van der Waals surface area contributed by atoms with E-state index >= 15 is 0 Å². The number of nitrogens with zero attached hydrogens (tertiary/aromatic N) is 1. The number of benzene rings is 2. The van der Waals surface area contributed by atoms with Crippen molar-refractivity contribution in [2.45, 2.75) is 26.5 Å². The summed E-state index contributed by atoms with van der Waals surface area (Å²) in [5, 5.41) is 4.99. The summed E-state index contributed by atoms with van der Waals surface area (Å²) < 4.78 is 5.66. The van der Waals surface area contributed by atoms with Crippen LogP contribution in [0.15, 0.2) is 59.4 Å². The topological polar surface area (TPSA) is 51.2 Å². The maximum absolute atomic E-state index is 12.4. The van der Waals surface area contributed by atoms with Crippen LogP contribution < -0.4 is 10.1 Å².